The molecule has 19 heavy (non-hydrogen) atoms. The fourth-order valence-electron chi connectivity index (χ4n) is 2.89. The van der Waals surface area contributed by atoms with Crippen LogP contribution in [0.5, 0.6) is 0 Å². The number of pyridine rings is 1. The van der Waals surface area contributed by atoms with Crippen molar-refractivity contribution >= 4 is 15.9 Å². The summed E-state index contributed by atoms with van der Waals surface area (Å²) in [5.74, 6) is 0.946. The molecular formula is C15H22BrN3. The number of halogens is 1. The molecule has 1 saturated carbocycles. The van der Waals surface area contributed by atoms with Crippen molar-refractivity contribution in [3.63, 3.8) is 0 Å². The van der Waals surface area contributed by atoms with Crippen LogP contribution in [0.2, 0.25) is 0 Å². The van der Waals surface area contributed by atoms with Crippen molar-refractivity contribution in [3.05, 3.63) is 28.5 Å². The Morgan fingerprint density at radius 2 is 2.16 bits per heavy atom. The smallest absolute Gasteiger partial charge is 0.0410 e. The molecule has 2 fully saturated rings. The van der Waals surface area contributed by atoms with Crippen LogP contribution in [0, 0.1) is 5.92 Å². The molecule has 0 bridgehead atoms. The van der Waals surface area contributed by atoms with Crippen molar-refractivity contribution in [1.29, 1.82) is 0 Å². The Kier molecular flexibility index (Phi) is 4.51. The Balaban J connectivity index is 1.60. The zero-order valence-corrected chi connectivity index (χ0v) is 12.9. The van der Waals surface area contributed by atoms with E-state index in [0.29, 0.717) is 6.04 Å². The van der Waals surface area contributed by atoms with Crippen LogP contribution in [-0.4, -0.2) is 35.6 Å². The van der Waals surface area contributed by atoms with Crippen LogP contribution in [0.1, 0.15) is 31.2 Å². The van der Waals surface area contributed by atoms with Gasteiger partial charge < -0.3 is 5.32 Å². The minimum atomic E-state index is 0.693. The van der Waals surface area contributed by atoms with E-state index in [-0.39, 0.29) is 0 Å². The molecule has 1 aromatic rings. The number of hydrogen-bond donors (Lipinski definition) is 1. The molecule has 1 aliphatic carbocycles. The molecule has 4 heteroatoms. The van der Waals surface area contributed by atoms with Gasteiger partial charge in [-0.2, -0.15) is 0 Å². The van der Waals surface area contributed by atoms with E-state index >= 15 is 0 Å². The lowest BCUT2D eigenvalue weighted by Crippen LogP contribution is -2.38. The van der Waals surface area contributed by atoms with Crippen LogP contribution in [0.3, 0.4) is 0 Å². The molecule has 1 N–H and O–H groups in total. The predicted octanol–water partition coefficient (Wildman–Crippen LogP) is 2.81. The molecule has 1 unspecified atom stereocenters. The Morgan fingerprint density at radius 1 is 1.26 bits per heavy atom. The second-order valence-electron chi connectivity index (χ2n) is 5.94. The van der Waals surface area contributed by atoms with E-state index in [4.69, 9.17) is 0 Å². The van der Waals surface area contributed by atoms with Crippen molar-refractivity contribution < 1.29 is 0 Å². The van der Waals surface area contributed by atoms with Gasteiger partial charge in [-0.05, 0) is 65.7 Å². The van der Waals surface area contributed by atoms with Crippen molar-refractivity contribution in [2.24, 2.45) is 5.92 Å². The quantitative estimate of drug-likeness (QED) is 0.872. The van der Waals surface area contributed by atoms with E-state index in [9.17, 15) is 0 Å². The van der Waals surface area contributed by atoms with Crippen LogP contribution in [-0.2, 0) is 6.54 Å². The van der Waals surface area contributed by atoms with Crippen LogP contribution < -0.4 is 5.32 Å². The van der Waals surface area contributed by atoms with Gasteiger partial charge in [-0.1, -0.05) is 0 Å². The first-order valence-corrected chi connectivity index (χ1v) is 8.14. The lowest BCUT2D eigenvalue weighted by Gasteiger charge is -2.25. The minimum absolute atomic E-state index is 0.693. The molecule has 0 aromatic carbocycles. The van der Waals surface area contributed by atoms with Gasteiger partial charge in [0.25, 0.3) is 0 Å². The van der Waals surface area contributed by atoms with Gasteiger partial charge in [-0.3, -0.25) is 9.88 Å². The van der Waals surface area contributed by atoms with Crippen molar-refractivity contribution in [1.82, 2.24) is 15.2 Å². The molecule has 0 radical (unpaired) electrons. The van der Waals surface area contributed by atoms with Crippen LogP contribution in [0.15, 0.2) is 22.9 Å². The molecular weight excluding hydrogens is 302 g/mol. The summed E-state index contributed by atoms with van der Waals surface area (Å²) < 4.78 is 1.08. The molecule has 104 valence electrons. The third kappa shape index (κ3) is 4.26. The Hall–Kier alpha value is -0.450. The van der Waals surface area contributed by atoms with Crippen molar-refractivity contribution in [2.75, 3.05) is 19.6 Å². The van der Waals surface area contributed by atoms with Gasteiger partial charge in [0.1, 0.15) is 0 Å². The highest BCUT2D eigenvalue weighted by Gasteiger charge is 2.26. The van der Waals surface area contributed by atoms with Gasteiger partial charge in [-0.15, -0.1) is 0 Å². The van der Waals surface area contributed by atoms with Crippen molar-refractivity contribution in [3.8, 4) is 0 Å². The minimum Gasteiger partial charge on any atom is -0.313 e. The summed E-state index contributed by atoms with van der Waals surface area (Å²) in [4.78, 5) is 6.89. The molecule has 0 amide bonds. The maximum atomic E-state index is 4.27. The predicted molar refractivity (Wildman–Crippen MR) is 81.0 cm³/mol. The van der Waals surface area contributed by atoms with E-state index in [1.807, 2.05) is 12.4 Å². The van der Waals surface area contributed by atoms with Gasteiger partial charge >= 0.3 is 0 Å². The largest absolute Gasteiger partial charge is 0.313 e. The lowest BCUT2D eigenvalue weighted by molar-refractivity contribution is 0.231. The van der Waals surface area contributed by atoms with E-state index in [2.05, 4.69) is 37.2 Å². The first-order valence-electron chi connectivity index (χ1n) is 7.35. The lowest BCUT2D eigenvalue weighted by atomic mass is 10.2. The molecule has 2 heterocycles. The van der Waals surface area contributed by atoms with Crippen LogP contribution in [0.4, 0.5) is 0 Å². The highest BCUT2D eigenvalue weighted by Crippen LogP contribution is 2.30. The third-order valence-corrected chi connectivity index (χ3v) is 4.46. The molecule has 1 aromatic heterocycles. The van der Waals surface area contributed by atoms with Gasteiger partial charge in [-0.25, -0.2) is 0 Å². The number of nitrogens with zero attached hydrogens (tertiary/aromatic N) is 2. The molecule has 1 atom stereocenters. The fraction of sp³-hybridized carbons (Fsp3) is 0.667. The summed E-state index contributed by atoms with van der Waals surface area (Å²) in [5.41, 5.74) is 1.31. The summed E-state index contributed by atoms with van der Waals surface area (Å²) in [5, 5.41) is 3.61. The molecule has 2 aliphatic rings. The number of aromatic nitrogens is 1. The summed E-state index contributed by atoms with van der Waals surface area (Å²) in [6.07, 6.45) is 9.36. The molecule has 3 nitrogen and oxygen atoms in total. The summed E-state index contributed by atoms with van der Waals surface area (Å²) in [7, 11) is 0. The van der Waals surface area contributed by atoms with E-state index in [0.717, 1.165) is 16.9 Å². The number of hydrogen-bond acceptors (Lipinski definition) is 3. The van der Waals surface area contributed by atoms with Gasteiger partial charge in [0.2, 0.25) is 0 Å². The van der Waals surface area contributed by atoms with Crippen molar-refractivity contribution in [2.45, 2.75) is 38.3 Å². The number of rotatable bonds is 6. The van der Waals surface area contributed by atoms with Crippen LogP contribution in [0.25, 0.3) is 0 Å². The van der Waals surface area contributed by atoms with Gasteiger partial charge in [0.15, 0.2) is 0 Å². The summed E-state index contributed by atoms with van der Waals surface area (Å²) in [6, 6.07) is 2.88. The molecule has 1 aliphatic heterocycles. The molecule has 1 saturated heterocycles. The topological polar surface area (TPSA) is 28.2 Å². The summed E-state index contributed by atoms with van der Waals surface area (Å²) >= 11 is 3.51. The molecule has 0 spiro atoms. The maximum Gasteiger partial charge on any atom is 0.0410 e. The highest BCUT2D eigenvalue weighted by molar-refractivity contribution is 9.10. The second kappa shape index (κ2) is 6.33. The SMILES string of the molecule is Brc1cncc(CN(CC2CC2)CC2CCCN2)c1. The second-order valence-corrected chi connectivity index (χ2v) is 6.86. The van der Waals surface area contributed by atoms with E-state index < -0.39 is 0 Å². The van der Waals surface area contributed by atoms with Gasteiger partial charge in [0, 0.05) is 42.5 Å². The zero-order valence-electron chi connectivity index (χ0n) is 11.3. The Bertz CT molecular complexity index is 414. The Morgan fingerprint density at radius 3 is 2.84 bits per heavy atom. The average Bonchev–Trinajstić information content (AvgIpc) is 3.03. The third-order valence-electron chi connectivity index (χ3n) is 4.02. The van der Waals surface area contributed by atoms with E-state index in [1.54, 1.807) is 0 Å². The standard InChI is InChI=1S/C15H22BrN3/c16-14-6-13(7-17-8-14)10-19(9-12-3-4-12)11-15-2-1-5-18-15/h6-8,12,15,18H,1-5,9-11H2. The Labute approximate surface area is 123 Å². The number of nitrogens with one attached hydrogen (secondary N) is 1. The highest BCUT2D eigenvalue weighted by atomic mass is 79.9. The molecule has 3 rings (SSSR count). The normalized spacial score (nSPS) is 23.2. The van der Waals surface area contributed by atoms with Crippen LogP contribution >= 0.6 is 15.9 Å². The van der Waals surface area contributed by atoms with Gasteiger partial charge in [0.05, 0.1) is 0 Å². The maximum absolute atomic E-state index is 4.27. The summed E-state index contributed by atoms with van der Waals surface area (Å²) in [6.45, 7) is 4.66. The monoisotopic (exact) mass is 323 g/mol. The fourth-order valence-corrected chi connectivity index (χ4v) is 3.31. The first kappa shape index (κ1) is 13.5. The average molecular weight is 324 g/mol. The zero-order chi connectivity index (χ0) is 13.1. The van der Waals surface area contributed by atoms with E-state index in [1.165, 1.54) is 50.9 Å². The first-order chi connectivity index (χ1) is 9.29.